The van der Waals surface area contributed by atoms with Gasteiger partial charge in [-0.05, 0) is 68.3 Å². The minimum atomic E-state index is 0.571. The maximum absolute atomic E-state index is 5.74. The normalized spacial score (nSPS) is 21.2. The maximum Gasteiger partial charge on any atom is 0.119 e. The molecule has 0 aliphatic heterocycles. The molecule has 0 saturated heterocycles. The summed E-state index contributed by atoms with van der Waals surface area (Å²) in [6, 6.07) is 10.6. The van der Waals surface area contributed by atoms with Gasteiger partial charge in [0.15, 0.2) is 0 Å². The van der Waals surface area contributed by atoms with E-state index in [1.165, 1.54) is 32.1 Å². The lowest BCUT2D eigenvalue weighted by atomic mass is 9.82. The van der Waals surface area contributed by atoms with E-state index in [1.807, 2.05) is 30.3 Å². The van der Waals surface area contributed by atoms with Crippen LogP contribution in [0, 0.1) is 0 Å². The van der Waals surface area contributed by atoms with Gasteiger partial charge < -0.3 is 10.1 Å². The van der Waals surface area contributed by atoms with Crippen LogP contribution in [0.4, 0.5) is 0 Å². The first-order chi connectivity index (χ1) is 10.4. The summed E-state index contributed by atoms with van der Waals surface area (Å²) in [5.74, 6) is 0.968. The van der Waals surface area contributed by atoms with E-state index in [9.17, 15) is 0 Å². The highest BCUT2D eigenvalue weighted by molar-refractivity contribution is 5.39. The predicted molar refractivity (Wildman–Crippen MR) is 87.6 cm³/mol. The van der Waals surface area contributed by atoms with E-state index in [2.05, 4.69) is 17.5 Å². The van der Waals surface area contributed by atoms with E-state index >= 15 is 0 Å². The number of fused-ring (bicyclic) bond motifs is 1. The van der Waals surface area contributed by atoms with Crippen molar-refractivity contribution < 1.29 is 4.74 Å². The Hall–Kier alpha value is -1.54. The number of rotatable bonds is 6. The zero-order valence-electron chi connectivity index (χ0n) is 12.7. The molecule has 2 heteroatoms. The number of benzene rings is 1. The number of para-hydroxylation sites is 1. The van der Waals surface area contributed by atoms with Crippen LogP contribution in [0.1, 0.15) is 38.5 Å². The van der Waals surface area contributed by atoms with Crippen molar-refractivity contribution in [2.45, 2.75) is 44.6 Å². The molecule has 0 radical (unpaired) electrons. The van der Waals surface area contributed by atoms with Crippen LogP contribution in [-0.2, 0) is 0 Å². The molecule has 21 heavy (non-hydrogen) atoms. The quantitative estimate of drug-likeness (QED) is 0.788. The van der Waals surface area contributed by atoms with E-state index in [0.29, 0.717) is 6.04 Å². The van der Waals surface area contributed by atoms with E-state index in [-0.39, 0.29) is 0 Å². The van der Waals surface area contributed by atoms with E-state index < -0.39 is 0 Å². The fourth-order valence-electron chi connectivity index (χ4n) is 3.28. The summed E-state index contributed by atoms with van der Waals surface area (Å²) >= 11 is 0. The fourth-order valence-corrected chi connectivity index (χ4v) is 3.28. The zero-order chi connectivity index (χ0) is 14.3. The van der Waals surface area contributed by atoms with Gasteiger partial charge >= 0.3 is 0 Å². The molecule has 1 aromatic carbocycles. The summed E-state index contributed by atoms with van der Waals surface area (Å²) < 4.78 is 5.74. The van der Waals surface area contributed by atoms with Crippen LogP contribution in [0.3, 0.4) is 0 Å². The number of nitrogens with one attached hydrogen (secondary N) is 1. The van der Waals surface area contributed by atoms with Crippen LogP contribution in [-0.4, -0.2) is 19.2 Å². The van der Waals surface area contributed by atoms with Crippen molar-refractivity contribution in [1.82, 2.24) is 5.32 Å². The molecule has 2 aliphatic rings. The number of ether oxygens (including phenoxy) is 1. The monoisotopic (exact) mass is 283 g/mol. The molecule has 1 saturated carbocycles. The number of hydrogen-bond donors (Lipinski definition) is 1. The van der Waals surface area contributed by atoms with Crippen LogP contribution in [0.25, 0.3) is 0 Å². The Labute approximate surface area is 127 Å². The van der Waals surface area contributed by atoms with Crippen molar-refractivity contribution in [3.8, 4) is 5.75 Å². The summed E-state index contributed by atoms with van der Waals surface area (Å²) in [7, 11) is 0. The minimum absolute atomic E-state index is 0.571. The van der Waals surface area contributed by atoms with Crippen LogP contribution < -0.4 is 10.1 Å². The molecule has 0 spiro atoms. The van der Waals surface area contributed by atoms with Gasteiger partial charge in [0.25, 0.3) is 0 Å². The van der Waals surface area contributed by atoms with Gasteiger partial charge in [0.05, 0.1) is 6.61 Å². The molecule has 1 fully saturated rings. The second kappa shape index (κ2) is 7.46. The summed E-state index contributed by atoms with van der Waals surface area (Å²) in [5, 5.41) is 3.72. The first-order valence-electron chi connectivity index (χ1n) is 8.24. The van der Waals surface area contributed by atoms with Gasteiger partial charge in [-0.25, -0.2) is 0 Å². The first kappa shape index (κ1) is 14.4. The van der Waals surface area contributed by atoms with Crippen molar-refractivity contribution in [3.63, 3.8) is 0 Å². The Morgan fingerprint density at radius 3 is 2.86 bits per heavy atom. The third kappa shape index (κ3) is 3.98. The molecular weight excluding hydrogens is 258 g/mol. The predicted octanol–water partition coefficient (Wildman–Crippen LogP) is 4.24. The SMILES string of the molecule is C1=C2CCCC(NCCCOc3ccccc3)C2=CCC1. The molecule has 112 valence electrons. The Balaban J connectivity index is 1.39. The average Bonchev–Trinajstić information content (AvgIpc) is 2.56. The van der Waals surface area contributed by atoms with Gasteiger partial charge in [-0.2, -0.15) is 0 Å². The van der Waals surface area contributed by atoms with Gasteiger partial charge in [-0.3, -0.25) is 0 Å². The minimum Gasteiger partial charge on any atom is -0.494 e. The standard InChI is InChI=1S/C19H25NO/c1-2-10-17(11-3-1)21-15-7-14-20-19-13-6-9-16-8-4-5-12-18(16)19/h1-3,8,10-12,19-20H,4-7,9,13-15H2. The second-order valence-electron chi connectivity index (χ2n) is 5.88. The van der Waals surface area contributed by atoms with Crippen LogP contribution in [0.15, 0.2) is 53.6 Å². The summed E-state index contributed by atoms with van der Waals surface area (Å²) in [6.45, 7) is 1.81. The van der Waals surface area contributed by atoms with Gasteiger partial charge in [-0.1, -0.05) is 30.4 Å². The highest BCUT2D eigenvalue weighted by Crippen LogP contribution is 2.32. The molecule has 1 unspecified atom stereocenters. The number of hydrogen-bond acceptors (Lipinski definition) is 2. The molecule has 3 rings (SSSR count). The third-order valence-corrected chi connectivity index (χ3v) is 4.33. The van der Waals surface area contributed by atoms with Crippen molar-refractivity contribution >= 4 is 0 Å². The summed E-state index contributed by atoms with van der Waals surface area (Å²) in [5.41, 5.74) is 3.18. The Morgan fingerprint density at radius 1 is 1.10 bits per heavy atom. The summed E-state index contributed by atoms with van der Waals surface area (Å²) in [6.07, 6.45) is 12.3. The smallest absolute Gasteiger partial charge is 0.119 e. The molecule has 1 atom stereocenters. The largest absolute Gasteiger partial charge is 0.494 e. The molecule has 2 nitrogen and oxygen atoms in total. The van der Waals surface area contributed by atoms with Crippen molar-refractivity contribution in [1.29, 1.82) is 0 Å². The third-order valence-electron chi connectivity index (χ3n) is 4.33. The lowest BCUT2D eigenvalue weighted by Crippen LogP contribution is -2.35. The zero-order valence-corrected chi connectivity index (χ0v) is 12.7. The van der Waals surface area contributed by atoms with Gasteiger partial charge in [0, 0.05) is 6.04 Å². The Morgan fingerprint density at radius 2 is 1.95 bits per heavy atom. The van der Waals surface area contributed by atoms with Gasteiger partial charge in [0.2, 0.25) is 0 Å². The lowest BCUT2D eigenvalue weighted by Gasteiger charge is -2.31. The molecule has 0 bridgehead atoms. The molecule has 1 N–H and O–H groups in total. The Kier molecular flexibility index (Phi) is 5.12. The molecule has 0 amide bonds. The highest BCUT2D eigenvalue weighted by atomic mass is 16.5. The van der Waals surface area contributed by atoms with Crippen LogP contribution in [0.2, 0.25) is 0 Å². The molecule has 2 aliphatic carbocycles. The number of allylic oxidation sites excluding steroid dienone is 2. The second-order valence-corrected chi connectivity index (χ2v) is 5.88. The lowest BCUT2D eigenvalue weighted by molar-refractivity contribution is 0.304. The van der Waals surface area contributed by atoms with E-state index in [1.54, 1.807) is 11.1 Å². The highest BCUT2D eigenvalue weighted by Gasteiger charge is 2.22. The molecule has 1 aromatic rings. The molecule has 0 heterocycles. The van der Waals surface area contributed by atoms with E-state index in [4.69, 9.17) is 4.74 Å². The summed E-state index contributed by atoms with van der Waals surface area (Å²) in [4.78, 5) is 0. The average molecular weight is 283 g/mol. The Bertz CT molecular complexity index is 504. The van der Waals surface area contributed by atoms with Gasteiger partial charge in [-0.15, -0.1) is 0 Å². The molecule has 0 aromatic heterocycles. The van der Waals surface area contributed by atoms with Crippen LogP contribution in [0.5, 0.6) is 5.75 Å². The van der Waals surface area contributed by atoms with Crippen molar-refractivity contribution in [2.75, 3.05) is 13.2 Å². The molecular formula is C19H25NO. The first-order valence-corrected chi connectivity index (χ1v) is 8.24. The fraction of sp³-hybridized carbons (Fsp3) is 0.474. The van der Waals surface area contributed by atoms with Crippen LogP contribution >= 0.6 is 0 Å². The van der Waals surface area contributed by atoms with Gasteiger partial charge in [0.1, 0.15) is 5.75 Å². The topological polar surface area (TPSA) is 21.3 Å². The van der Waals surface area contributed by atoms with Crippen molar-refractivity contribution in [3.05, 3.63) is 53.6 Å². The van der Waals surface area contributed by atoms with E-state index in [0.717, 1.165) is 25.3 Å². The van der Waals surface area contributed by atoms with Crippen molar-refractivity contribution in [2.24, 2.45) is 0 Å². The maximum atomic E-state index is 5.74.